The molecule has 0 aliphatic rings. The lowest BCUT2D eigenvalue weighted by molar-refractivity contribution is -0.275. The summed E-state index contributed by atoms with van der Waals surface area (Å²) in [6.07, 6.45) is -3.17. The third-order valence-electron chi connectivity index (χ3n) is 1.36. The van der Waals surface area contributed by atoms with Crippen LogP contribution >= 0.6 is 11.8 Å². The molecule has 78 valence electrons. The van der Waals surface area contributed by atoms with Crippen molar-refractivity contribution in [2.45, 2.75) is 11.3 Å². The largest absolute Gasteiger partial charge is 0.573 e. The summed E-state index contributed by atoms with van der Waals surface area (Å²) < 4.78 is 51.5. The molecule has 1 rings (SSSR count). The zero-order valence-corrected chi connectivity index (χ0v) is 7.88. The molecule has 0 saturated carbocycles. The van der Waals surface area contributed by atoms with Crippen LogP contribution in [-0.4, -0.2) is 12.6 Å². The van der Waals surface area contributed by atoms with Gasteiger partial charge in [0, 0.05) is 4.90 Å². The summed E-state index contributed by atoms with van der Waals surface area (Å²) in [6, 6.07) is 3.30. The highest BCUT2D eigenvalue weighted by Crippen LogP contribution is 2.28. The van der Waals surface area contributed by atoms with Crippen molar-refractivity contribution in [2.24, 2.45) is 0 Å². The van der Waals surface area contributed by atoms with E-state index in [2.05, 4.69) is 4.74 Å². The second kappa shape index (κ2) is 4.08. The van der Waals surface area contributed by atoms with Crippen LogP contribution in [0.25, 0.3) is 0 Å². The molecule has 0 spiro atoms. The van der Waals surface area contributed by atoms with Crippen LogP contribution in [0.3, 0.4) is 0 Å². The molecule has 0 heterocycles. The minimum absolute atomic E-state index is 0.539. The molecule has 0 aromatic heterocycles. The summed E-state index contributed by atoms with van der Waals surface area (Å²) in [5, 5.41) is 0. The molecule has 0 unspecified atom stereocenters. The van der Waals surface area contributed by atoms with Gasteiger partial charge in [0.1, 0.15) is 0 Å². The molecular weight excluding hydrogens is 220 g/mol. The summed E-state index contributed by atoms with van der Waals surface area (Å²) in [5.41, 5.74) is 0. The van der Waals surface area contributed by atoms with Gasteiger partial charge in [-0.2, -0.15) is 0 Å². The third kappa shape index (κ3) is 3.10. The molecule has 0 radical (unpaired) electrons. The summed E-state index contributed by atoms with van der Waals surface area (Å²) >= 11 is 1.23. The van der Waals surface area contributed by atoms with Gasteiger partial charge in [0.05, 0.1) is 0 Å². The molecule has 0 aliphatic carbocycles. The van der Waals surface area contributed by atoms with Crippen molar-refractivity contribution in [3.63, 3.8) is 0 Å². The second-order valence-corrected chi connectivity index (χ2v) is 3.22. The number of benzene rings is 1. The SMILES string of the molecule is CSc1ccc(OC(F)(F)F)c(F)c1. The van der Waals surface area contributed by atoms with Crippen molar-refractivity contribution < 1.29 is 22.3 Å². The number of thioether (sulfide) groups is 1. The predicted molar refractivity (Wildman–Crippen MR) is 44.9 cm³/mol. The Labute approximate surface area is 82.1 Å². The van der Waals surface area contributed by atoms with Crippen molar-refractivity contribution in [3.8, 4) is 5.75 Å². The van der Waals surface area contributed by atoms with Crippen LogP contribution in [-0.2, 0) is 0 Å². The van der Waals surface area contributed by atoms with E-state index in [0.717, 1.165) is 12.1 Å². The van der Waals surface area contributed by atoms with Gasteiger partial charge in [-0.05, 0) is 24.5 Å². The molecule has 0 aliphatic heterocycles. The van der Waals surface area contributed by atoms with E-state index < -0.39 is 17.9 Å². The van der Waals surface area contributed by atoms with Crippen molar-refractivity contribution in [1.29, 1.82) is 0 Å². The first kappa shape index (κ1) is 11.2. The van der Waals surface area contributed by atoms with E-state index in [1.807, 2.05) is 0 Å². The van der Waals surface area contributed by atoms with Gasteiger partial charge in [-0.15, -0.1) is 24.9 Å². The molecule has 1 nitrogen and oxygen atoms in total. The van der Waals surface area contributed by atoms with Gasteiger partial charge in [0.25, 0.3) is 0 Å². The van der Waals surface area contributed by atoms with E-state index in [0.29, 0.717) is 4.90 Å². The normalized spacial score (nSPS) is 11.5. The Morgan fingerprint density at radius 1 is 1.29 bits per heavy atom. The lowest BCUT2D eigenvalue weighted by atomic mass is 10.3. The first-order valence-corrected chi connectivity index (χ1v) is 4.74. The average Bonchev–Trinajstić information content (AvgIpc) is 2.06. The fourth-order valence-electron chi connectivity index (χ4n) is 0.816. The van der Waals surface area contributed by atoms with Crippen LogP contribution in [0.2, 0.25) is 0 Å². The van der Waals surface area contributed by atoms with Crippen molar-refractivity contribution in [3.05, 3.63) is 24.0 Å². The Kier molecular flexibility index (Phi) is 3.25. The molecule has 0 amide bonds. The van der Waals surface area contributed by atoms with Crippen LogP contribution in [0.1, 0.15) is 0 Å². The fourth-order valence-corrected chi connectivity index (χ4v) is 1.24. The van der Waals surface area contributed by atoms with Crippen molar-refractivity contribution in [2.75, 3.05) is 6.26 Å². The smallest absolute Gasteiger partial charge is 0.403 e. The third-order valence-corrected chi connectivity index (χ3v) is 2.09. The van der Waals surface area contributed by atoms with Gasteiger partial charge in [-0.1, -0.05) is 0 Å². The number of hydrogen-bond acceptors (Lipinski definition) is 2. The molecular formula is C8H6F4OS. The lowest BCUT2D eigenvalue weighted by Crippen LogP contribution is -2.17. The van der Waals surface area contributed by atoms with E-state index in [9.17, 15) is 17.6 Å². The summed E-state index contributed by atoms with van der Waals surface area (Å²) in [7, 11) is 0. The minimum atomic E-state index is -4.86. The maximum atomic E-state index is 12.9. The number of halogens is 4. The maximum absolute atomic E-state index is 12.9. The quantitative estimate of drug-likeness (QED) is 0.564. The Hall–Kier alpha value is -0.910. The van der Waals surface area contributed by atoms with E-state index in [1.165, 1.54) is 17.8 Å². The topological polar surface area (TPSA) is 9.23 Å². The molecule has 1 aromatic rings. The Morgan fingerprint density at radius 3 is 2.36 bits per heavy atom. The Balaban J connectivity index is 2.89. The summed E-state index contributed by atoms with van der Waals surface area (Å²) in [4.78, 5) is 0.539. The van der Waals surface area contributed by atoms with Crippen LogP contribution in [0.5, 0.6) is 5.75 Å². The molecule has 14 heavy (non-hydrogen) atoms. The molecule has 0 N–H and O–H groups in total. The molecule has 1 aromatic carbocycles. The van der Waals surface area contributed by atoms with Gasteiger partial charge in [-0.25, -0.2) is 4.39 Å². The maximum Gasteiger partial charge on any atom is 0.573 e. The molecule has 0 saturated heterocycles. The average molecular weight is 226 g/mol. The van der Waals surface area contributed by atoms with Gasteiger partial charge >= 0.3 is 6.36 Å². The van der Waals surface area contributed by atoms with Gasteiger partial charge in [0.2, 0.25) is 0 Å². The second-order valence-electron chi connectivity index (χ2n) is 2.34. The zero-order valence-electron chi connectivity index (χ0n) is 7.06. The Morgan fingerprint density at radius 2 is 1.93 bits per heavy atom. The highest BCUT2D eigenvalue weighted by Gasteiger charge is 2.32. The number of ether oxygens (including phenoxy) is 1. The number of alkyl halides is 3. The van der Waals surface area contributed by atoms with Gasteiger partial charge in [-0.3, -0.25) is 0 Å². The van der Waals surface area contributed by atoms with Crippen molar-refractivity contribution in [1.82, 2.24) is 0 Å². The van der Waals surface area contributed by atoms with E-state index >= 15 is 0 Å². The van der Waals surface area contributed by atoms with Gasteiger partial charge < -0.3 is 4.74 Å². The summed E-state index contributed by atoms with van der Waals surface area (Å²) in [6.45, 7) is 0. The van der Waals surface area contributed by atoms with E-state index in [-0.39, 0.29) is 0 Å². The Bertz CT molecular complexity index is 324. The zero-order chi connectivity index (χ0) is 10.8. The van der Waals surface area contributed by atoms with Crippen molar-refractivity contribution >= 4 is 11.8 Å². The van der Waals surface area contributed by atoms with Gasteiger partial charge in [0.15, 0.2) is 11.6 Å². The van der Waals surface area contributed by atoms with Crippen LogP contribution in [0.15, 0.2) is 23.1 Å². The molecule has 0 fully saturated rings. The number of rotatable bonds is 2. The van der Waals surface area contributed by atoms with E-state index in [1.54, 1.807) is 6.26 Å². The van der Waals surface area contributed by atoms with Crippen LogP contribution in [0.4, 0.5) is 17.6 Å². The monoisotopic (exact) mass is 226 g/mol. The first-order chi connectivity index (χ1) is 6.42. The van der Waals surface area contributed by atoms with Crippen LogP contribution < -0.4 is 4.74 Å². The predicted octanol–water partition coefficient (Wildman–Crippen LogP) is 3.45. The first-order valence-electron chi connectivity index (χ1n) is 3.51. The lowest BCUT2D eigenvalue weighted by Gasteiger charge is -2.09. The number of hydrogen-bond donors (Lipinski definition) is 0. The van der Waals surface area contributed by atoms with E-state index in [4.69, 9.17) is 0 Å². The minimum Gasteiger partial charge on any atom is -0.403 e. The fraction of sp³-hybridized carbons (Fsp3) is 0.250. The molecule has 0 bridgehead atoms. The molecule has 0 atom stereocenters. The molecule has 6 heteroatoms. The highest BCUT2D eigenvalue weighted by molar-refractivity contribution is 7.98. The summed E-state index contributed by atoms with van der Waals surface area (Å²) in [5.74, 6) is -1.83. The van der Waals surface area contributed by atoms with Crippen LogP contribution in [0, 0.1) is 5.82 Å². The standard InChI is InChI=1S/C8H6F4OS/c1-14-5-2-3-7(6(9)4-5)13-8(10,11)12/h2-4H,1H3. The highest BCUT2D eigenvalue weighted by atomic mass is 32.2.